The predicted octanol–water partition coefficient (Wildman–Crippen LogP) is 6.60. The maximum absolute atomic E-state index is 5.68. The van der Waals surface area contributed by atoms with Crippen LogP contribution in [0.2, 0.25) is 0 Å². The van der Waals surface area contributed by atoms with Crippen LogP contribution in [0.15, 0.2) is 0 Å². The summed E-state index contributed by atoms with van der Waals surface area (Å²) in [5.74, 6) is 0. The summed E-state index contributed by atoms with van der Waals surface area (Å²) in [7, 11) is 1.90. The van der Waals surface area contributed by atoms with Gasteiger partial charge >= 0.3 is 0 Å². The third-order valence-electron chi connectivity index (χ3n) is 7.24. The Morgan fingerprint density at radius 1 is 0.273 bits per heavy atom. The molecular weight excluding hydrogens is 562 g/mol. The Morgan fingerprint density at radius 2 is 0.500 bits per heavy atom. The first-order valence-corrected chi connectivity index (χ1v) is 18.2. The van der Waals surface area contributed by atoms with Crippen LogP contribution in [0.3, 0.4) is 0 Å². The monoisotopic (exact) mass is 636 g/mol. The average Bonchev–Trinajstić information content (AvgIpc) is 3.04. The van der Waals surface area contributed by atoms with Crippen molar-refractivity contribution in [2.24, 2.45) is 0 Å². The highest BCUT2D eigenvalue weighted by Gasteiger charge is 1.97. The lowest BCUT2D eigenvalue weighted by atomic mass is 10.0. The van der Waals surface area contributed by atoms with E-state index in [1.165, 1.54) is 96.3 Å². The van der Waals surface area contributed by atoms with Gasteiger partial charge in [0.15, 0.2) is 0 Å². The maximum Gasteiger partial charge on any atom is 0.0701 e. The predicted molar refractivity (Wildman–Crippen MR) is 180 cm³/mol. The Bertz CT molecular complexity index is 448. The summed E-state index contributed by atoms with van der Waals surface area (Å²) >= 11 is 0. The molecule has 0 atom stereocenters. The van der Waals surface area contributed by atoms with Crippen molar-refractivity contribution in [3.8, 4) is 0 Å². The molecule has 0 rings (SSSR count). The highest BCUT2D eigenvalue weighted by Crippen LogP contribution is 2.13. The van der Waals surface area contributed by atoms with E-state index in [9.17, 15) is 0 Å². The zero-order valence-corrected chi connectivity index (χ0v) is 29.1. The van der Waals surface area contributed by atoms with Crippen LogP contribution in [-0.4, -0.2) is 119 Å². The first-order chi connectivity index (χ1) is 21.9. The standard InChI is InChI=1S/C35H73NO8/c1-3-4-5-6-7-8-9-10-11-12-13-14-15-16-17-18-20-37-22-24-39-26-28-41-30-32-43-34-35-44-33-31-42-29-27-40-25-23-38-21-19-36-2/h36H,3-35H2,1-2H3. The molecule has 0 heterocycles. The minimum atomic E-state index is 0.548. The first-order valence-electron chi connectivity index (χ1n) is 18.2. The molecule has 0 fully saturated rings. The fraction of sp³-hybridized carbons (Fsp3) is 1.00. The molecule has 0 aromatic rings. The second-order valence-corrected chi connectivity index (χ2v) is 11.3. The molecule has 0 aromatic heterocycles. The Labute approximate surface area is 272 Å². The molecule has 0 saturated carbocycles. The van der Waals surface area contributed by atoms with Gasteiger partial charge in [0.1, 0.15) is 0 Å². The van der Waals surface area contributed by atoms with Crippen LogP contribution in [0.5, 0.6) is 0 Å². The fourth-order valence-electron chi connectivity index (χ4n) is 4.57. The molecule has 9 heteroatoms. The normalized spacial score (nSPS) is 11.6. The molecule has 0 spiro atoms. The number of rotatable bonds is 41. The third kappa shape index (κ3) is 41.6. The molecular formula is C35H73NO8. The lowest BCUT2D eigenvalue weighted by molar-refractivity contribution is -0.0230. The number of hydrogen-bond acceptors (Lipinski definition) is 9. The van der Waals surface area contributed by atoms with E-state index in [2.05, 4.69) is 12.2 Å². The lowest BCUT2D eigenvalue weighted by Crippen LogP contribution is -2.17. The lowest BCUT2D eigenvalue weighted by Gasteiger charge is -2.08. The Kier molecular flexibility index (Phi) is 42.3. The Morgan fingerprint density at radius 3 is 0.773 bits per heavy atom. The smallest absolute Gasteiger partial charge is 0.0701 e. The van der Waals surface area contributed by atoms with E-state index < -0.39 is 0 Å². The van der Waals surface area contributed by atoms with E-state index in [1.807, 2.05) is 7.05 Å². The molecule has 1 N–H and O–H groups in total. The van der Waals surface area contributed by atoms with Crippen LogP contribution in [0.4, 0.5) is 0 Å². The fourth-order valence-corrected chi connectivity index (χ4v) is 4.57. The summed E-state index contributed by atoms with van der Waals surface area (Å²) in [6.07, 6.45) is 22.3. The minimum absolute atomic E-state index is 0.548. The maximum atomic E-state index is 5.68. The van der Waals surface area contributed by atoms with Gasteiger partial charge in [-0.15, -0.1) is 0 Å². The van der Waals surface area contributed by atoms with Gasteiger partial charge in [0.2, 0.25) is 0 Å². The van der Waals surface area contributed by atoms with Gasteiger partial charge in [0.25, 0.3) is 0 Å². The van der Waals surface area contributed by atoms with Gasteiger partial charge in [-0.1, -0.05) is 103 Å². The van der Waals surface area contributed by atoms with Gasteiger partial charge in [0, 0.05) is 13.2 Å². The zero-order chi connectivity index (χ0) is 31.7. The van der Waals surface area contributed by atoms with Crippen molar-refractivity contribution >= 4 is 0 Å². The van der Waals surface area contributed by atoms with E-state index in [4.69, 9.17) is 37.9 Å². The number of hydrogen-bond donors (Lipinski definition) is 1. The van der Waals surface area contributed by atoms with Crippen molar-refractivity contribution in [2.45, 2.75) is 110 Å². The largest absolute Gasteiger partial charge is 0.379 e. The van der Waals surface area contributed by atoms with Crippen molar-refractivity contribution < 1.29 is 37.9 Å². The molecule has 0 aromatic carbocycles. The summed E-state index contributed by atoms with van der Waals surface area (Å²) in [4.78, 5) is 0. The van der Waals surface area contributed by atoms with Gasteiger partial charge in [-0.05, 0) is 13.5 Å². The van der Waals surface area contributed by atoms with E-state index in [-0.39, 0.29) is 0 Å². The van der Waals surface area contributed by atoms with Gasteiger partial charge in [0.05, 0.1) is 99.1 Å². The average molecular weight is 636 g/mol. The molecule has 0 unspecified atom stereocenters. The third-order valence-corrected chi connectivity index (χ3v) is 7.24. The summed E-state index contributed by atoms with van der Waals surface area (Å²) < 4.78 is 44.0. The molecule has 0 saturated heterocycles. The number of likely N-dealkylation sites (N-methyl/N-ethyl adjacent to an activating group) is 1. The summed E-state index contributed by atoms with van der Waals surface area (Å²) in [6.45, 7) is 12.8. The molecule has 0 aliphatic rings. The van der Waals surface area contributed by atoms with Gasteiger partial charge in [-0.2, -0.15) is 0 Å². The molecule has 44 heavy (non-hydrogen) atoms. The van der Waals surface area contributed by atoms with Crippen molar-refractivity contribution in [1.29, 1.82) is 0 Å². The molecule has 0 bridgehead atoms. The van der Waals surface area contributed by atoms with Crippen molar-refractivity contribution in [1.82, 2.24) is 5.32 Å². The van der Waals surface area contributed by atoms with Crippen LogP contribution >= 0.6 is 0 Å². The number of ether oxygens (including phenoxy) is 8. The zero-order valence-electron chi connectivity index (χ0n) is 29.1. The van der Waals surface area contributed by atoms with Crippen molar-refractivity contribution in [2.75, 3.05) is 119 Å². The van der Waals surface area contributed by atoms with E-state index in [1.54, 1.807) is 0 Å². The van der Waals surface area contributed by atoms with Gasteiger partial charge in [-0.3, -0.25) is 0 Å². The van der Waals surface area contributed by atoms with E-state index in [0.717, 1.165) is 19.6 Å². The molecule has 0 aliphatic carbocycles. The molecule has 9 nitrogen and oxygen atoms in total. The van der Waals surface area contributed by atoms with Gasteiger partial charge < -0.3 is 43.2 Å². The second-order valence-electron chi connectivity index (χ2n) is 11.3. The Hall–Kier alpha value is -0.360. The highest BCUT2D eigenvalue weighted by molar-refractivity contribution is 4.50. The molecule has 0 radical (unpaired) electrons. The quantitative estimate of drug-likeness (QED) is 0.0747. The van der Waals surface area contributed by atoms with Crippen molar-refractivity contribution in [3.05, 3.63) is 0 Å². The number of unbranched alkanes of at least 4 members (excludes halogenated alkanes) is 15. The SMILES string of the molecule is CCCCCCCCCCCCCCCCCCOCCOCCOCCOCCOCCOCCOCCOCCNC. The van der Waals surface area contributed by atoms with E-state index in [0.29, 0.717) is 99.1 Å². The topological polar surface area (TPSA) is 85.9 Å². The Balaban J connectivity index is 3.03. The van der Waals surface area contributed by atoms with Crippen molar-refractivity contribution in [3.63, 3.8) is 0 Å². The van der Waals surface area contributed by atoms with Crippen LogP contribution in [-0.2, 0) is 37.9 Å². The van der Waals surface area contributed by atoms with Crippen LogP contribution in [0.1, 0.15) is 110 Å². The molecule has 0 aliphatic heterocycles. The summed E-state index contributed by atoms with van der Waals surface area (Å²) in [6, 6.07) is 0. The molecule has 266 valence electrons. The summed E-state index contributed by atoms with van der Waals surface area (Å²) in [5, 5.41) is 3.03. The van der Waals surface area contributed by atoms with Gasteiger partial charge in [-0.25, -0.2) is 0 Å². The van der Waals surface area contributed by atoms with Crippen LogP contribution < -0.4 is 5.32 Å². The first kappa shape index (κ1) is 43.6. The highest BCUT2D eigenvalue weighted by atomic mass is 16.6. The molecule has 0 amide bonds. The summed E-state index contributed by atoms with van der Waals surface area (Å²) in [5.41, 5.74) is 0. The van der Waals surface area contributed by atoms with E-state index >= 15 is 0 Å². The minimum Gasteiger partial charge on any atom is -0.379 e. The number of nitrogens with one attached hydrogen (secondary N) is 1. The van der Waals surface area contributed by atoms with Crippen LogP contribution in [0.25, 0.3) is 0 Å². The second kappa shape index (κ2) is 42.6. The van der Waals surface area contributed by atoms with Crippen LogP contribution in [0, 0.1) is 0 Å².